The minimum Gasteiger partial charge on any atom is -0.450 e. The quantitative estimate of drug-likeness (QED) is 0.759. The van der Waals surface area contributed by atoms with Gasteiger partial charge in [-0.2, -0.15) is 0 Å². The Hall–Kier alpha value is -1.30. The van der Waals surface area contributed by atoms with Crippen molar-refractivity contribution in [2.24, 2.45) is 23.2 Å². The molecule has 6 rings (SSSR count). The van der Waals surface area contributed by atoms with Gasteiger partial charge < -0.3 is 14.5 Å². The summed E-state index contributed by atoms with van der Waals surface area (Å²) in [5, 5.41) is 0. The number of hydrogen-bond acceptors (Lipinski definition) is 4. The van der Waals surface area contributed by atoms with Crippen molar-refractivity contribution in [2.75, 3.05) is 39.3 Å². The molecule has 3 aliphatic carbocycles. The highest BCUT2D eigenvalue weighted by Crippen LogP contribution is 2.60. The van der Waals surface area contributed by atoms with E-state index in [0.29, 0.717) is 47.3 Å². The largest absolute Gasteiger partial charge is 0.450 e. The fourth-order valence-corrected chi connectivity index (χ4v) is 6.79. The Morgan fingerprint density at radius 2 is 1.78 bits per heavy atom. The monoisotopic (exact) mass is 373 g/mol. The van der Waals surface area contributed by atoms with E-state index in [4.69, 9.17) is 4.74 Å². The van der Waals surface area contributed by atoms with Gasteiger partial charge in [0, 0.05) is 50.2 Å². The fraction of sp³-hybridized carbons (Fsp3) is 0.905. The summed E-state index contributed by atoms with van der Waals surface area (Å²) in [7, 11) is 0. The normalized spacial score (nSPS) is 43.4. The third-order valence-electron chi connectivity index (χ3n) is 8.79. The zero-order valence-electron chi connectivity index (χ0n) is 16.4. The van der Waals surface area contributed by atoms with Crippen LogP contribution in [0.2, 0.25) is 0 Å². The lowest BCUT2D eigenvalue weighted by Gasteiger charge is -2.49. The van der Waals surface area contributed by atoms with E-state index in [9.17, 15) is 9.59 Å². The number of ether oxygens (including phenoxy) is 1. The van der Waals surface area contributed by atoms with Gasteiger partial charge in [-0.15, -0.1) is 0 Å². The highest BCUT2D eigenvalue weighted by atomic mass is 16.6. The fourth-order valence-electron chi connectivity index (χ4n) is 6.79. The SMILES string of the molecule is CCOC(=O)N1CCC2(CC(N3CC4C(C3)C4C(=O)N3CCC34CC4)C2)C1. The smallest absolute Gasteiger partial charge is 0.409 e. The van der Waals surface area contributed by atoms with Crippen LogP contribution in [0.5, 0.6) is 0 Å². The van der Waals surface area contributed by atoms with Crippen LogP contribution in [-0.4, -0.2) is 77.6 Å². The van der Waals surface area contributed by atoms with Gasteiger partial charge in [0.1, 0.15) is 0 Å². The lowest BCUT2D eigenvalue weighted by atomic mass is 9.64. The molecule has 27 heavy (non-hydrogen) atoms. The van der Waals surface area contributed by atoms with E-state index >= 15 is 0 Å². The molecule has 6 aliphatic rings. The van der Waals surface area contributed by atoms with Crippen LogP contribution in [0.15, 0.2) is 0 Å². The van der Waals surface area contributed by atoms with Gasteiger partial charge in [-0.3, -0.25) is 9.69 Å². The van der Waals surface area contributed by atoms with E-state index in [-0.39, 0.29) is 6.09 Å². The molecule has 0 radical (unpaired) electrons. The Morgan fingerprint density at radius 1 is 1.04 bits per heavy atom. The minimum absolute atomic E-state index is 0.138. The predicted molar refractivity (Wildman–Crippen MR) is 99.0 cm³/mol. The highest BCUT2D eigenvalue weighted by Gasteiger charge is 2.66. The molecule has 2 atom stereocenters. The zero-order valence-corrected chi connectivity index (χ0v) is 16.4. The average molecular weight is 373 g/mol. The molecule has 2 amide bonds. The van der Waals surface area contributed by atoms with Crippen LogP contribution in [0, 0.1) is 23.2 Å². The molecule has 0 bridgehead atoms. The van der Waals surface area contributed by atoms with E-state index in [1.807, 2.05) is 11.8 Å². The van der Waals surface area contributed by atoms with Crippen LogP contribution in [0.3, 0.4) is 0 Å². The molecule has 3 saturated carbocycles. The van der Waals surface area contributed by atoms with Crippen molar-refractivity contribution in [3.63, 3.8) is 0 Å². The van der Waals surface area contributed by atoms with Gasteiger partial charge in [-0.1, -0.05) is 0 Å². The first-order valence-electron chi connectivity index (χ1n) is 11.0. The highest BCUT2D eigenvalue weighted by molar-refractivity contribution is 5.84. The summed E-state index contributed by atoms with van der Waals surface area (Å²) in [6, 6.07) is 0.675. The second-order valence-corrected chi connectivity index (χ2v) is 10.2. The van der Waals surface area contributed by atoms with Crippen LogP contribution in [-0.2, 0) is 9.53 Å². The molecule has 0 aromatic carbocycles. The molecule has 2 unspecified atom stereocenters. The van der Waals surface area contributed by atoms with E-state index in [1.54, 1.807) is 0 Å². The van der Waals surface area contributed by atoms with Crippen LogP contribution in [0.25, 0.3) is 0 Å². The number of fused-ring (bicyclic) bond motifs is 1. The molecule has 0 aromatic heterocycles. The molecule has 3 heterocycles. The third kappa shape index (κ3) is 2.34. The summed E-state index contributed by atoms with van der Waals surface area (Å²) in [5.41, 5.74) is 0.677. The topological polar surface area (TPSA) is 53.1 Å². The van der Waals surface area contributed by atoms with Gasteiger partial charge in [0.25, 0.3) is 0 Å². The number of nitrogens with zero attached hydrogens (tertiary/aromatic N) is 3. The summed E-state index contributed by atoms with van der Waals surface area (Å²) in [4.78, 5) is 31.6. The average Bonchev–Trinajstić information content (AvgIpc) is 3.45. The first kappa shape index (κ1) is 16.6. The van der Waals surface area contributed by atoms with Crippen LogP contribution < -0.4 is 0 Å². The molecule has 3 aliphatic heterocycles. The van der Waals surface area contributed by atoms with Gasteiger partial charge in [0.05, 0.1) is 6.61 Å². The van der Waals surface area contributed by atoms with E-state index in [0.717, 1.165) is 39.1 Å². The maximum Gasteiger partial charge on any atom is 0.409 e. The zero-order chi connectivity index (χ0) is 18.4. The Balaban J connectivity index is 0.990. The number of piperidine rings is 1. The van der Waals surface area contributed by atoms with Gasteiger partial charge in [0.15, 0.2) is 0 Å². The number of rotatable bonds is 3. The van der Waals surface area contributed by atoms with Crippen LogP contribution in [0.4, 0.5) is 4.79 Å². The van der Waals surface area contributed by atoms with Crippen molar-refractivity contribution in [2.45, 2.75) is 57.0 Å². The van der Waals surface area contributed by atoms with Crippen molar-refractivity contribution >= 4 is 12.0 Å². The van der Waals surface area contributed by atoms with Crippen LogP contribution in [0.1, 0.15) is 45.4 Å². The Kier molecular flexibility index (Phi) is 3.33. The lowest BCUT2D eigenvalue weighted by molar-refractivity contribution is -0.143. The molecule has 3 saturated heterocycles. The van der Waals surface area contributed by atoms with Crippen LogP contribution >= 0.6 is 0 Å². The second-order valence-electron chi connectivity index (χ2n) is 10.2. The van der Waals surface area contributed by atoms with Gasteiger partial charge in [-0.25, -0.2) is 4.79 Å². The first-order chi connectivity index (χ1) is 13.0. The Bertz CT molecular complexity index is 672. The molecule has 148 valence electrons. The number of likely N-dealkylation sites (tertiary alicyclic amines) is 3. The van der Waals surface area contributed by atoms with E-state index < -0.39 is 0 Å². The summed E-state index contributed by atoms with van der Waals surface area (Å²) >= 11 is 0. The van der Waals surface area contributed by atoms with Crippen molar-refractivity contribution in [1.29, 1.82) is 0 Å². The number of amides is 2. The predicted octanol–water partition coefficient (Wildman–Crippen LogP) is 1.94. The lowest BCUT2D eigenvalue weighted by Crippen LogP contribution is -2.55. The number of carbonyl (C=O) groups excluding carboxylic acids is 2. The van der Waals surface area contributed by atoms with Gasteiger partial charge >= 0.3 is 6.09 Å². The first-order valence-corrected chi connectivity index (χ1v) is 11.0. The van der Waals surface area contributed by atoms with Crippen molar-refractivity contribution in [1.82, 2.24) is 14.7 Å². The summed E-state index contributed by atoms with van der Waals surface area (Å²) in [5.74, 6) is 2.09. The molecule has 0 aromatic rings. The molecule has 0 N–H and O–H groups in total. The summed E-state index contributed by atoms with van der Waals surface area (Å²) < 4.78 is 5.16. The summed E-state index contributed by atoms with van der Waals surface area (Å²) in [6.45, 7) is 7.33. The van der Waals surface area contributed by atoms with Crippen molar-refractivity contribution in [3.05, 3.63) is 0 Å². The molecule has 6 fully saturated rings. The Labute approximate surface area is 161 Å². The maximum absolute atomic E-state index is 12.8. The Morgan fingerprint density at radius 3 is 2.37 bits per heavy atom. The second kappa shape index (κ2) is 5.40. The van der Waals surface area contributed by atoms with E-state index in [1.165, 1.54) is 32.1 Å². The van der Waals surface area contributed by atoms with E-state index in [2.05, 4.69) is 9.80 Å². The third-order valence-corrected chi connectivity index (χ3v) is 8.79. The number of hydrogen-bond donors (Lipinski definition) is 0. The van der Waals surface area contributed by atoms with Crippen molar-refractivity contribution in [3.8, 4) is 0 Å². The molecular formula is C21H31N3O3. The minimum atomic E-state index is -0.138. The van der Waals surface area contributed by atoms with Crippen molar-refractivity contribution < 1.29 is 14.3 Å². The molecule has 6 heteroatoms. The van der Waals surface area contributed by atoms with Gasteiger partial charge in [-0.05, 0) is 62.7 Å². The molecule has 6 nitrogen and oxygen atoms in total. The number of carbonyl (C=O) groups is 2. The molecule has 2 spiro atoms. The summed E-state index contributed by atoms with van der Waals surface area (Å²) in [6.07, 6.45) is 7.17. The molecular weight excluding hydrogens is 342 g/mol. The standard InChI is InChI=1S/C21H31N3O3/c1-2-27-19(26)22-7-5-20(13-22)9-14(10-20)23-11-15-16(12-23)17(15)18(25)24-8-6-21(24)3-4-21/h14-17H,2-13H2,1H3. The maximum atomic E-state index is 12.8. The van der Waals surface area contributed by atoms with Gasteiger partial charge in [0.2, 0.25) is 5.91 Å².